The number of methoxy groups -OCH3 is 4. The smallest absolute Gasteiger partial charge is 0.311 e. The van der Waals surface area contributed by atoms with Crippen LogP contribution in [0, 0.1) is 0 Å². The zero-order chi connectivity index (χ0) is 42.1. The number of unbranched alkanes of at least 4 members (excludes halogenated alkanes) is 5. The van der Waals surface area contributed by atoms with Crippen LogP contribution in [0.1, 0.15) is 51.4 Å². The summed E-state index contributed by atoms with van der Waals surface area (Å²) in [6, 6.07) is 46.3. The summed E-state index contributed by atoms with van der Waals surface area (Å²) < 4.78 is 32.7. The summed E-state index contributed by atoms with van der Waals surface area (Å²) in [5.41, 5.74) is 5.62. The lowest BCUT2D eigenvalue weighted by atomic mass is 10.1. The molecule has 0 N–H and O–H groups in total. The highest BCUT2D eigenvalue weighted by molar-refractivity contribution is 5.79. The number of ether oxygens (including phenoxy) is 6. The molecule has 6 aromatic rings. The molecular weight excluding hydrogens is 757 g/mol. The third-order valence-corrected chi connectivity index (χ3v) is 9.99. The van der Waals surface area contributed by atoms with Crippen molar-refractivity contribution in [1.29, 1.82) is 0 Å². The molecule has 6 rings (SSSR count). The van der Waals surface area contributed by atoms with Gasteiger partial charge in [-0.05, 0) is 158 Å². The van der Waals surface area contributed by atoms with Gasteiger partial charge in [-0.3, -0.25) is 9.59 Å². The minimum Gasteiger partial charge on any atom is -0.497 e. The molecule has 0 amide bonds. The summed E-state index contributed by atoms with van der Waals surface area (Å²) in [6.07, 6.45) is 5.94. The Morgan fingerprint density at radius 1 is 0.317 bits per heavy atom. The number of carbonyl (C=O) groups is 2. The highest BCUT2D eigenvalue weighted by Crippen LogP contribution is 2.38. The first kappa shape index (κ1) is 42.7. The van der Waals surface area contributed by atoms with Gasteiger partial charge in [0.25, 0.3) is 0 Å². The van der Waals surface area contributed by atoms with Crippen molar-refractivity contribution in [2.45, 2.75) is 51.4 Å². The molecule has 6 aromatic carbocycles. The van der Waals surface area contributed by atoms with Crippen LogP contribution in [0.4, 0.5) is 34.1 Å². The molecule has 0 unspecified atom stereocenters. The molecule has 0 heterocycles. The number of esters is 2. The lowest BCUT2D eigenvalue weighted by Gasteiger charge is -2.26. The van der Waals surface area contributed by atoms with Crippen molar-refractivity contribution in [3.05, 3.63) is 146 Å². The molecular formula is C50H52N2O8. The van der Waals surface area contributed by atoms with E-state index in [1.54, 1.807) is 28.4 Å². The fourth-order valence-electron chi connectivity index (χ4n) is 6.76. The van der Waals surface area contributed by atoms with E-state index in [-0.39, 0.29) is 11.9 Å². The molecule has 0 aliphatic heterocycles. The molecule has 0 saturated heterocycles. The van der Waals surface area contributed by atoms with Gasteiger partial charge in [0.1, 0.15) is 34.5 Å². The Bertz CT molecular complexity index is 1970. The predicted octanol–water partition coefficient (Wildman–Crippen LogP) is 12.3. The first-order chi connectivity index (χ1) is 29.4. The largest absolute Gasteiger partial charge is 0.497 e. The van der Waals surface area contributed by atoms with E-state index in [0.29, 0.717) is 24.3 Å². The SMILES string of the molecule is COc1ccc(N(c2ccc(OC)cc2)c2ccc(OC(=O)CCCCCCCCC(=O)Oc3ccc(N(c4ccc(OC)cc4)c4ccc(OC)cc4)cc3)cc2)cc1. The zero-order valence-electron chi connectivity index (χ0n) is 34.7. The van der Waals surface area contributed by atoms with E-state index < -0.39 is 0 Å². The maximum absolute atomic E-state index is 12.7. The van der Waals surface area contributed by atoms with Crippen molar-refractivity contribution in [2.24, 2.45) is 0 Å². The van der Waals surface area contributed by atoms with Crippen molar-refractivity contribution < 1.29 is 38.0 Å². The van der Waals surface area contributed by atoms with Gasteiger partial charge in [0.05, 0.1) is 28.4 Å². The minimum absolute atomic E-state index is 0.255. The molecule has 0 spiro atoms. The van der Waals surface area contributed by atoms with Gasteiger partial charge in [0, 0.05) is 47.0 Å². The van der Waals surface area contributed by atoms with E-state index in [1.165, 1.54) is 0 Å². The van der Waals surface area contributed by atoms with Crippen LogP contribution in [-0.2, 0) is 9.59 Å². The van der Waals surface area contributed by atoms with E-state index in [0.717, 1.165) is 95.6 Å². The Labute approximate surface area is 352 Å². The quantitative estimate of drug-likeness (QED) is 0.0397. The molecule has 0 bridgehead atoms. The third kappa shape index (κ3) is 11.8. The zero-order valence-corrected chi connectivity index (χ0v) is 34.7. The summed E-state index contributed by atoms with van der Waals surface area (Å²) >= 11 is 0. The Kier molecular flexibility index (Phi) is 15.4. The van der Waals surface area contributed by atoms with E-state index in [2.05, 4.69) is 9.80 Å². The third-order valence-electron chi connectivity index (χ3n) is 9.99. The molecule has 310 valence electrons. The summed E-state index contributed by atoms with van der Waals surface area (Å²) in [5, 5.41) is 0. The number of nitrogens with zero attached hydrogens (tertiary/aromatic N) is 2. The fourth-order valence-corrected chi connectivity index (χ4v) is 6.76. The minimum atomic E-state index is -0.255. The molecule has 0 aromatic heterocycles. The molecule has 0 radical (unpaired) electrons. The van der Waals surface area contributed by atoms with Crippen LogP contribution >= 0.6 is 0 Å². The first-order valence-corrected chi connectivity index (χ1v) is 20.2. The van der Waals surface area contributed by atoms with Crippen LogP contribution in [0.2, 0.25) is 0 Å². The number of hydrogen-bond donors (Lipinski definition) is 0. The van der Waals surface area contributed by atoms with E-state index in [9.17, 15) is 9.59 Å². The Balaban J connectivity index is 0.901. The normalized spacial score (nSPS) is 10.7. The highest BCUT2D eigenvalue weighted by Gasteiger charge is 2.16. The number of anilines is 6. The average molecular weight is 809 g/mol. The second-order valence-corrected chi connectivity index (χ2v) is 14.0. The van der Waals surface area contributed by atoms with Crippen LogP contribution < -0.4 is 38.2 Å². The van der Waals surface area contributed by atoms with Gasteiger partial charge in [-0.25, -0.2) is 0 Å². The maximum Gasteiger partial charge on any atom is 0.311 e. The molecule has 0 aliphatic carbocycles. The average Bonchev–Trinajstić information content (AvgIpc) is 3.29. The van der Waals surface area contributed by atoms with E-state index in [1.807, 2.05) is 146 Å². The summed E-state index contributed by atoms with van der Waals surface area (Å²) in [7, 11) is 6.58. The van der Waals surface area contributed by atoms with E-state index in [4.69, 9.17) is 28.4 Å². The second kappa shape index (κ2) is 21.7. The monoisotopic (exact) mass is 808 g/mol. The molecule has 10 nitrogen and oxygen atoms in total. The van der Waals surface area contributed by atoms with Crippen LogP contribution in [0.3, 0.4) is 0 Å². The molecule has 60 heavy (non-hydrogen) atoms. The second-order valence-electron chi connectivity index (χ2n) is 14.0. The molecule has 10 heteroatoms. The van der Waals surface area contributed by atoms with Crippen molar-refractivity contribution in [3.8, 4) is 34.5 Å². The summed E-state index contributed by atoms with van der Waals surface area (Å²) in [6.45, 7) is 0. The van der Waals surface area contributed by atoms with Crippen molar-refractivity contribution in [2.75, 3.05) is 38.2 Å². The van der Waals surface area contributed by atoms with Gasteiger partial charge in [-0.1, -0.05) is 25.7 Å². The molecule has 0 fully saturated rings. The standard InChI is InChI=1S/C50H52N2O8/c1-55-43-25-13-37(14-26-43)51(38-15-27-44(56-2)28-16-38)41-21-33-47(34-22-41)59-49(53)11-9-7-5-6-8-10-12-50(54)60-48-35-23-42(24-36-48)52(39-17-29-45(57-3)30-18-39)40-19-31-46(58-4)32-20-40/h13-36H,5-12H2,1-4H3. The van der Waals surface area contributed by atoms with E-state index >= 15 is 0 Å². The van der Waals surface area contributed by atoms with Crippen molar-refractivity contribution in [1.82, 2.24) is 0 Å². The summed E-state index contributed by atoms with van der Waals surface area (Å²) in [4.78, 5) is 29.5. The van der Waals surface area contributed by atoms with Crippen molar-refractivity contribution >= 4 is 46.1 Å². The van der Waals surface area contributed by atoms with Gasteiger partial charge in [-0.2, -0.15) is 0 Å². The maximum atomic E-state index is 12.7. The van der Waals surface area contributed by atoms with Crippen LogP contribution in [0.15, 0.2) is 146 Å². The number of hydrogen-bond acceptors (Lipinski definition) is 10. The highest BCUT2D eigenvalue weighted by atomic mass is 16.5. The Hall–Kier alpha value is -6.94. The Morgan fingerprint density at radius 3 is 0.733 bits per heavy atom. The van der Waals surface area contributed by atoms with Gasteiger partial charge < -0.3 is 38.2 Å². The Morgan fingerprint density at radius 2 is 0.517 bits per heavy atom. The number of benzene rings is 6. The molecule has 0 atom stereocenters. The van der Waals surface area contributed by atoms with Crippen LogP contribution in [0.5, 0.6) is 34.5 Å². The van der Waals surface area contributed by atoms with Gasteiger partial charge >= 0.3 is 11.9 Å². The fraction of sp³-hybridized carbons (Fsp3) is 0.240. The number of rotatable bonds is 21. The van der Waals surface area contributed by atoms with Crippen LogP contribution in [0.25, 0.3) is 0 Å². The lowest BCUT2D eigenvalue weighted by molar-refractivity contribution is -0.135. The summed E-state index contributed by atoms with van der Waals surface area (Å²) in [5.74, 6) is 3.58. The van der Waals surface area contributed by atoms with Gasteiger partial charge in [0.2, 0.25) is 0 Å². The van der Waals surface area contributed by atoms with Crippen molar-refractivity contribution in [3.63, 3.8) is 0 Å². The molecule has 0 aliphatic rings. The van der Waals surface area contributed by atoms with Crippen LogP contribution in [-0.4, -0.2) is 40.4 Å². The molecule has 0 saturated carbocycles. The van der Waals surface area contributed by atoms with Gasteiger partial charge in [0.15, 0.2) is 0 Å². The lowest BCUT2D eigenvalue weighted by Crippen LogP contribution is -2.11. The topological polar surface area (TPSA) is 96.0 Å². The first-order valence-electron chi connectivity index (χ1n) is 20.2. The van der Waals surface area contributed by atoms with Gasteiger partial charge in [-0.15, -0.1) is 0 Å². The number of carbonyl (C=O) groups excluding carboxylic acids is 2. The predicted molar refractivity (Wildman–Crippen MR) is 237 cm³/mol.